The van der Waals surface area contributed by atoms with Gasteiger partial charge in [0.1, 0.15) is 23.3 Å². The topological polar surface area (TPSA) is 62.7 Å². The van der Waals surface area contributed by atoms with E-state index >= 15 is 0 Å². The zero-order chi connectivity index (χ0) is 17.5. The van der Waals surface area contributed by atoms with E-state index in [1.54, 1.807) is 18.2 Å². The van der Waals surface area contributed by atoms with Gasteiger partial charge in [-0.3, -0.25) is 0 Å². The van der Waals surface area contributed by atoms with Crippen molar-refractivity contribution in [1.82, 2.24) is 4.98 Å². The molecule has 0 saturated heterocycles. The first kappa shape index (κ1) is 16.4. The third-order valence-electron chi connectivity index (χ3n) is 5.07. The Morgan fingerprint density at radius 2 is 2.00 bits per heavy atom. The third kappa shape index (κ3) is 2.75. The van der Waals surface area contributed by atoms with Crippen LogP contribution in [0.2, 0.25) is 0 Å². The molecule has 0 aliphatic heterocycles. The molecule has 1 heterocycles. The van der Waals surface area contributed by atoms with Crippen LogP contribution in [-0.2, 0) is 12.8 Å². The van der Waals surface area contributed by atoms with Gasteiger partial charge in [0.2, 0.25) is 0 Å². The molecule has 3 rings (SSSR count). The summed E-state index contributed by atoms with van der Waals surface area (Å²) < 4.78 is 14.5. The summed E-state index contributed by atoms with van der Waals surface area (Å²) in [5, 5.41) is 9.59. The Hall–Kier alpha value is -2.41. The normalized spacial score (nSPS) is 17.2. The van der Waals surface area contributed by atoms with Crippen LogP contribution in [0.5, 0.6) is 0 Å². The number of aryl methyl sites for hydroxylation is 1. The van der Waals surface area contributed by atoms with Crippen molar-refractivity contribution < 1.29 is 4.39 Å². The number of aromatic nitrogens is 1. The van der Waals surface area contributed by atoms with Gasteiger partial charge in [0.25, 0.3) is 0 Å². The molecule has 0 saturated carbocycles. The summed E-state index contributed by atoms with van der Waals surface area (Å²) >= 11 is 0. The van der Waals surface area contributed by atoms with Crippen molar-refractivity contribution in [3.8, 4) is 17.2 Å². The largest absolute Gasteiger partial charge is 0.383 e. The van der Waals surface area contributed by atoms with Gasteiger partial charge in [-0.1, -0.05) is 39.0 Å². The van der Waals surface area contributed by atoms with Crippen LogP contribution in [0.1, 0.15) is 44.0 Å². The number of benzene rings is 1. The molecule has 0 bridgehead atoms. The highest BCUT2D eigenvalue weighted by molar-refractivity contribution is 5.79. The highest BCUT2D eigenvalue weighted by atomic mass is 19.1. The summed E-state index contributed by atoms with van der Waals surface area (Å²) in [7, 11) is 0. The van der Waals surface area contributed by atoms with Crippen LogP contribution in [0.4, 0.5) is 10.2 Å². The fraction of sp³-hybridized carbons (Fsp3) is 0.400. The molecule has 1 aliphatic carbocycles. The van der Waals surface area contributed by atoms with E-state index in [2.05, 4.69) is 31.8 Å². The lowest BCUT2D eigenvalue weighted by atomic mass is 9.70. The quantitative estimate of drug-likeness (QED) is 0.841. The Morgan fingerprint density at radius 3 is 2.62 bits per heavy atom. The molecule has 4 heteroatoms. The predicted molar refractivity (Wildman–Crippen MR) is 93.7 cm³/mol. The Morgan fingerprint density at radius 1 is 1.29 bits per heavy atom. The van der Waals surface area contributed by atoms with Crippen molar-refractivity contribution >= 4 is 5.82 Å². The van der Waals surface area contributed by atoms with Gasteiger partial charge in [0.05, 0.1) is 0 Å². The first-order valence-corrected chi connectivity index (χ1v) is 8.29. The van der Waals surface area contributed by atoms with Crippen LogP contribution >= 0.6 is 0 Å². The molecule has 0 amide bonds. The molecule has 124 valence electrons. The maximum Gasteiger partial charge on any atom is 0.142 e. The first-order valence-electron chi connectivity index (χ1n) is 8.29. The van der Waals surface area contributed by atoms with E-state index < -0.39 is 0 Å². The van der Waals surface area contributed by atoms with Gasteiger partial charge in [-0.25, -0.2) is 9.37 Å². The van der Waals surface area contributed by atoms with E-state index in [9.17, 15) is 9.65 Å². The molecule has 2 N–H and O–H groups in total. The molecule has 1 aromatic carbocycles. The molecule has 3 nitrogen and oxygen atoms in total. The highest BCUT2D eigenvalue weighted by Gasteiger charge is 2.32. The van der Waals surface area contributed by atoms with E-state index in [-0.39, 0.29) is 22.6 Å². The van der Waals surface area contributed by atoms with E-state index in [1.165, 1.54) is 6.07 Å². The maximum atomic E-state index is 14.5. The number of nitriles is 1. The Kier molecular flexibility index (Phi) is 4.04. The molecular formula is C20H22FN3. The average Bonchev–Trinajstić information content (AvgIpc) is 2.53. The summed E-state index contributed by atoms with van der Waals surface area (Å²) in [6.07, 6.45) is 2.64. The second kappa shape index (κ2) is 5.90. The van der Waals surface area contributed by atoms with Gasteiger partial charge in [0, 0.05) is 16.8 Å². The third-order valence-corrected chi connectivity index (χ3v) is 5.07. The number of halogens is 1. The van der Waals surface area contributed by atoms with Gasteiger partial charge < -0.3 is 5.73 Å². The molecule has 2 aromatic rings. The number of fused-ring (bicyclic) bond motifs is 1. The number of hydrogen-bond acceptors (Lipinski definition) is 3. The number of rotatable bonds is 1. The van der Waals surface area contributed by atoms with Crippen LogP contribution < -0.4 is 5.73 Å². The van der Waals surface area contributed by atoms with Crippen LogP contribution in [-0.4, -0.2) is 4.98 Å². The van der Waals surface area contributed by atoms with Crippen molar-refractivity contribution in [2.24, 2.45) is 11.3 Å². The monoisotopic (exact) mass is 323 g/mol. The van der Waals surface area contributed by atoms with Crippen molar-refractivity contribution in [2.75, 3.05) is 5.73 Å². The van der Waals surface area contributed by atoms with Gasteiger partial charge in [-0.05, 0) is 42.2 Å². The minimum Gasteiger partial charge on any atom is -0.383 e. The summed E-state index contributed by atoms with van der Waals surface area (Å²) in [6.45, 7) is 6.67. The number of pyridine rings is 1. The Labute approximate surface area is 142 Å². The molecule has 24 heavy (non-hydrogen) atoms. The summed E-state index contributed by atoms with van der Waals surface area (Å²) in [5.74, 6) is 0.330. The smallest absolute Gasteiger partial charge is 0.142 e. The standard InChI is InChI=1S/C20H22FN3/c1-20(2,3)12-8-9-17-14(10-12)18(15(11-22)19(23)24-17)13-6-4-5-7-16(13)21/h4-7,12H,8-10H2,1-3H3,(H2,23,24). The lowest BCUT2D eigenvalue weighted by Crippen LogP contribution is -2.28. The molecule has 1 unspecified atom stereocenters. The molecule has 1 aromatic heterocycles. The lowest BCUT2D eigenvalue weighted by molar-refractivity contribution is 0.215. The average molecular weight is 323 g/mol. The predicted octanol–water partition coefficient (Wildman–Crippen LogP) is 4.49. The number of nitrogen functional groups attached to an aromatic ring is 1. The van der Waals surface area contributed by atoms with Crippen LogP contribution in [0.25, 0.3) is 11.1 Å². The van der Waals surface area contributed by atoms with Gasteiger partial charge in [-0.2, -0.15) is 5.26 Å². The summed E-state index contributed by atoms with van der Waals surface area (Å²) in [5.41, 5.74) is 9.41. The van der Waals surface area contributed by atoms with E-state index in [1.807, 2.05) is 0 Å². The second-order valence-electron chi connectivity index (χ2n) is 7.57. The number of nitrogens with zero attached hydrogens (tertiary/aromatic N) is 2. The van der Waals surface area contributed by atoms with E-state index in [4.69, 9.17) is 5.73 Å². The zero-order valence-corrected chi connectivity index (χ0v) is 14.4. The number of nitrogens with two attached hydrogens (primary N) is 1. The molecule has 0 spiro atoms. The van der Waals surface area contributed by atoms with Gasteiger partial charge >= 0.3 is 0 Å². The highest BCUT2D eigenvalue weighted by Crippen LogP contribution is 2.42. The van der Waals surface area contributed by atoms with Crippen LogP contribution in [0.3, 0.4) is 0 Å². The van der Waals surface area contributed by atoms with Gasteiger partial charge in [-0.15, -0.1) is 0 Å². The van der Waals surface area contributed by atoms with Crippen molar-refractivity contribution in [2.45, 2.75) is 40.0 Å². The minimum atomic E-state index is -0.334. The zero-order valence-electron chi connectivity index (χ0n) is 14.4. The number of hydrogen-bond donors (Lipinski definition) is 1. The fourth-order valence-corrected chi connectivity index (χ4v) is 3.59. The maximum absolute atomic E-state index is 14.5. The Balaban J connectivity index is 2.26. The number of anilines is 1. The van der Waals surface area contributed by atoms with Crippen LogP contribution in [0, 0.1) is 28.5 Å². The van der Waals surface area contributed by atoms with E-state index in [0.29, 0.717) is 17.0 Å². The van der Waals surface area contributed by atoms with Gasteiger partial charge in [0.15, 0.2) is 0 Å². The van der Waals surface area contributed by atoms with Crippen LogP contribution in [0.15, 0.2) is 24.3 Å². The van der Waals surface area contributed by atoms with Crippen molar-refractivity contribution in [3.05, 3.63) is 46.9 Å². The molecule has 1 aliphatic rings. The molecular weight excluding hydrogens is 301 g/mol. The summed E-state index contributed by atoms with van der Waals surface area (Å²) in [6, 6.07) is 8.71. The Bertz CT molecular complexity index is 828. The fourth-order valence-electron chi connectivity index (χ4n) is 3.59. The van der Waals surface area contributed by atoms with E-state index in [0.717, 1.165) is 30.5 Å². The second-order valence-corrected chi connectivity index (χ2v) is 7.57. The minimum absolute atomic E-state index is 0.151. The molecule has 1 atom stereocenters. The SMILES string of the molecule is CC(C)(C)C1CCc2nc(N)c(C#N)c(-c3ccccc3F)c2C1. The lowest BCUT2D eigenvalue weighted by Gasteiger charge is -2.35. The molecule has 0 fully saturated rings. The molecule has 0 radical (unpaired) electrons. The summed E-state index contributed by atoms with van der Waals surface area (Å²) in [4.78, 5) is 4.45. The van der Waals surface area contributed by atoms with Crippen molar-refractivity contribution in [1.29, 1.82) is 5.26 Å². The first-order chi connectivity index (χ1) is 11.3. The van der Waals surface area contributed by atoms with Crippen molar-refractivity contribution in [3.63, 3.8) is 0 Å².